The standard InChI is InChI=1S/C22H26N6O2/c1-16-4-3-5-17(2)21(16)23-20(29)15-28-25-22(24-26-28)19-8-6-18(7-9-19)14-27-10-12-30-13-11-27/h3-9H,10-15H2,1-2H3,(H,23,29). The van der Waals surface area contributed by atoms with E-state index >= 15 is 0 Å². The van der Waals surface area contributed by atoms with Crippen molar-refractivity contribution in [2.24, 2.45) is 0 Å². The van der Waals surface area contributed by atoms with Gasteiger partial charge in [0.25, 0.3) is 0 Å². The minimum Gasteiger partial charge on any atom is -0.379 e. The minimum absolute atomic E-state index is 0.00981. The van der Waals surface area contributed by atoms with Gasteiger partial charge >= 0.3 is 0 Å². The molecule has 30 heavy (non-hydrogen) atoms. The lowest BCUT2D eigenvalue weighted by Gasteiger charge is -2.26. The quantitative estimate of drug-likeness (QED) is 0.677. The summed E-state index contributed by atoms with van der Waals surface area (Å²) < 4.78 is 5.39. The van der Waals surface area contributed by atoms with E-state index in [0.717, 1.165) is 55.2 Å². The molecule has 8 heteroatoms. The second kappa shape index (κ2) is 9.15. The molecule has 156 valence electrons. The van der Waals surface area contributed by atoms with Gasteiger partial charge < -0.3 is 10.1 Å². The number of carbonyl (C=O) groups is 1. The topological polar surface area (TPSA) is 85.2 Å². The van der Waals surface area contributed by atoms with E-state index < -0.39 is 0 Å². The number of nitrogens with one attached hydrogen (secondary N) is 1. The Bertz CT molecular complexity index is 988. The second-order valence-corrected chi connectivity index (χ2v) is 7.54. The highest BCUT2D eigenvalue weighted by atomic mass is 16.5. The number of hydrogen-bond acceptors (Lipinski definition) is 6. The number of ether oxygens (including phenoxy) is 1. The highest BCUT2D eigenvalue weighted by Gasteiger charge is 2.13. The van der Waals surface area contributed by atoms with E-state index in [1.54, 1.807) is 0 Å². The van der Waals surface area contributed by atoms with Crippen molar-refractivity contribution in [2.45, 2.75) is 26.9 Å². The number of para-hydroxylation sites is 1. The molecule has 1 aliphatic rings. The molecule has 1 amide bonds. The van der Waals surface area contributed by atoms with Gasteiger partial charge in [-0.25, -0.2) is 0 Å². The van der Waals surface area contributed by atoms with E-state index in [9.17, 15) is 4.79 Å². The average molecular weight is 406 g/mol. The molecular weight excluding hydrogens is 380 g/mol. The van der Waals surface area contributed by atoms with Crippen LogP contribution in [0.25, 0.3) is 11.4 Å². The Morgan fingerprint density at radius 1 is 1.07 bits per heavy atom. The molecule has 1 N–H and O–H groups in total. The molecular formula is C22H26N6O2. The Morgan fingerprint density at radius 3 is 2.47 bits per heavy atom. The lowest BCUT2D eigenvalue weighted by molar-refractivity contribution is -0.117. The number of anilines is 1. The Hall–Kier alpha value is -3.10. The zero-order valence-corrected chi connectivity index (χ0v) is 17.3. The maximum absolute atomic E-state index is 12.4. The Balaban J connectivity index is 1.37. The van der Waals surface area contributed by atoms with Crippen molar-refractivity contribution in [3.8, 4) is 11.4 Å². The number of carbonyl (C=O) groups excluding carboxylic acids is 1. The number of amides is 1. The smallest absolute Gasteiger partial charge is 0.248 e. The zero-order chi connectivity index (χ0) is 20.9. The number of morpholine rings is 1. The van der Waals surface area contributed by atoms with Gasteiger partial charge in [0.1, 0.15) is 6.54 Å². The molecule has 1 aromatic heterocycles. The predicted octanol–water partition coefficient (Wildman–Crippen LogP) is 2.43. The third kappa shape index (κ3) is 4.90. The molecule has 0 atom stereocenters. The maximum Gasteiger partial charge on any atom is 0.248 e. The summed E-state index contributed by atoms with van der Waals surface area (Å²) in [7, 11) is 0. The number of aromatic nitrogens is 4. The van der Waals surface area contributed by atoms with Gasteiger partial charge in [0.15, 0.2) is 0 Å². The molecule has 8 nitrogen and oxygen atoms in total. The fraction of sp³-hybridized carbons (Fsp3) is 0.364. The highest BCUT2D eigenvalue weighted by Crippen LogP contribution is 2.19. The number of rotatable bonds is 6. The summed E-state index contributed by atoms with van der Waals surface area (Å²) in [4.78, 5) is 16.1. The number of benzene rings is 2. The van der Waals surface area contributed by atoms with Crippen molar-refractivity contribution in [3.63, 3.8) is 0 Å². The van der Waals surface area contributed by atoms with Gasteiger partial charge in [0.2, 0.25) is 11.7 Å². The monoisotopic (exact) mass is 406 g/mol. The SMILES string of the molecule is Cc1cccc(C)c1NC(=O)Cn1nnc(-c2ccc(CN3CCOCC3)cc2)n1. The van der Waals surface area contributed by atoms with Crippen molar-refractivity contribution in [3.05, 3.63) is 59.2 Å². The van der Waals surface area contributed by atoms with E-state index in [0.29, 0.717) is 5.82 Å². The van der Waals surface area contributed by atoms with E-state index in [2.05, 4.69) is 37.8 Å². The molecule has 0 saturated carbocycles. The van der Waals surface area contributed by atoms with Crippen molar-refractivity contribution < 1.29 is 9.53 Å². The molecule has 2 heterocycles. The van der Waals surface area contributed by atoms with Crippen LogP contribution >= 0.6 is 0 Å². The molecule has 4 rings (SSSR count). The van der Waals surface area contributed by atoms with Crippen LogP contribution in [0.5, 0.6) is 0 Å². The third-order valence-corrected chi connectivity index (χ3v) is 5.21. The summed E-state index contributed by atoms with van der Waals surface area (Å²) in [5.74, 6) is 0.324. The van der Waals surface area contributed by atoms with Crippen LogP contribution in [0.3, 0.4) is 0 Å². The van der Waals surface area contributed by atoms with E-state index in [-0.39, 0.29) is 12.5 Å². The maximum atomic E-state index is 12.4. The molecule has 0 bridgehead atoms. The molecule has 3 aromatic rings. The third-order valence-electron chi connectivity index (χ3n) is 5.21. The van der Waals surface area contributed by atoms with Gasteiger partial charge in [0.05, 0.1) is 13.2 Å². The van der Waals surface area contributed by atoms with Gasteiger partial charge in [-0.1, -0.05) is 42.5 Å². The van der Waals surface area contributed by atoms with E-state index in [4.69, 9.17) is 4.74 Å². The highest BCUT2D eigenvalue weighted by molar-refractivity contribution is 5.92. The van der Waals surface area contributed by atoms with Crippen LogP contribution in [-0.4, -0.2) is 57.3 Å². The second-order valence-electron chi connectivity index (χ2n) is 7.54. The predicted molar refractivity (Wildman–Crippen MR) is 114 cm³/mol. The van der Waals surface area contributed by atoms with Crippen molar-refractivity contribution in [1.82, 2.24) is 25.1 Å². The number of nitrogens with zero attached hydrogens (tertiary/aromatic N) is 5. The molecule has 1 saturated heterocycles. The summed E-state index contributed by atoms with van der Waals surface area (Å²) in [6, 6.07) is 14.1. The molecule has 0 radical (unpaired) electrons. The van der Waals surface area contributed by atoms with Crippen LogP contribution in [0.1, 0.15) is 16.7 Å². The molecule has 1 fully saturated rings. The molecule has 1 aliphatic heterocycles. The Labute approximate surface area is 175 Å². The normalized spacial score (nSPS) is 14.6. The largest absolute Gasteiger partial charge is 0.379 e. The van der Waals surface area contributed by atoms with E-state index in [1.807, 2.05) is 44.2 Å². The first kappa shape index (κ1) is 20.2. The molecule has 0 aliphatic carbocycles. The zero-order valence-electron chi connectivity index (χ0n) is 17.3. The summed E-state index contributed by atoms with van der Waals surface area (Å²) in [6.45, 7) is 8.36. The Morgan fingerprint density at radius 2 is 1.77 bits per heavy atom. The minimum atomic E-state index is -0.183. The lowest BCUT2D eigenvalue weighted by atomic mass is 10.1. The lowest BCUT2D eigenvalue weighted by Crippen LogP contribution is -2.35. The van der Waals surface area contributed by atoms with Gasteiger partial charge in [-0.3, -0.25) is 9.69 Å². The summed E-state index contributed by atoms with van der Waals surface area (Å²) in [5, 5.41) is 15.4. The summed E-state index contributed by atoms with van der Waals surface area (Å²) in [5.41, 5.74) is 4.99. The first-order chi connectivity index (χ1) is 14.6. The first-order valence-electron chi connectivity index (χ1n) is 10.1. The number of aryl methyl sites for hydroxylation is 2. The number of hydrogen-bond donors (Lipinski definition) is 1. The average Bonchev–Trinajstić information content (AvgIpc) is 3.20. The van der Waals surface area contributed by atoms with Crippen molar-refractivity contribution in [2.75, 3.05) is 31.6 Å². The fourth-order valence-corrected chi connectivity index (χ4v) is 3.52. The molecule has 2 aromatic carbocycles. The molecule has 0 unspecified atom stereocenters. The summed E-state index contributed by atoms with van der Waals surface area (Å²) in [6.07, 6.45) is 0. The first-order valence-corrected chi connectivity index (χ1v) is 10.1. The van der Waals surface area contributed by atoms with Crippen LogP contribution < -0.4 is 5.32 Å². The van der Waals surface area contributed by atoms with E-state index in [1.165, 1.54) is 10.4 Å². The van der Waals surface area contributed by atoms with Crippen LogP contribution in [0, 0.1) is 13.8 Å². The van der Waals surface area contributed by atoms with Crippen LogP contribution in [0.2, 0.25) is 0 Å². The van der Waals surface area contributed by atoms with Crippen molar-refractivity contribution in [1.29, 1.82) is 0 Å². The molecule has 0 spiro atoms. The van der Waals surface area contributed by atoms with Crippen LogP contribution in [0.4, 0.5) is 5.69 Å². The van der Waals surface area contributed by atoms with Crippen LogP contribution in [-0.2, 0) is 22.6 Å². The summed E-state index contributed by atoms with van der Waals surface area (Å²) >= 11 is 0. The number of tetrazole rings is 1. The Kier molecular flexibility index (Phi) is 6.15. The van der Waals surface area contributed by atoms with Gasteiger partial charge in [0, 0.05) is 30.9 Å². The van der Waals surface area contributed by atoms with Gasteiger partial charge in [-0.15, -0.1) is 10.2 Å². The van der Waals surface area contributed by atoms with Crippen molar-refractivity contribution >= 4 is 11.6 Å². The van der Waals surface area contributed by atoms with Gasteiger partial charge in [-0.05, 0) is 35.8 Å². The fourth-order valence-electron chi connectivity index (χ4n) is 3.52. The van der Waals surface area contributed by atoms with Crippen LogP contribution in [0.15, 0.2) is 42.5 Å². The van der Waals surface area contributed by atoms with Gasteiger partial charge in [-0.2, -0.15) is 4.80 Å².